The first kappa shape index (κ1) is 53.7. The molecule has 1 nitrogen and oxygen atoms in total. The van der Waals surface area contributed by atoms with Gasteiger partial charge in [-0.25, -0.2) is 0 Å². The van der Waals surface area contributed by atoms with Gasteiger partial charge in [0.2, 0.25) is 0 Å². The molecule has 0 aliphatic rings. The van der Waals surface area contributed by atoms with Crippen LogP contribution >= 0.6 is 0 Å². The van der Waals surface area contributed by atoms with Gasteiger partial charge in [-0.2, -0.15) is 0 Å². The van der Waals surface area contributed by atoms with Gasteiger partial charge in [-0.1, -0.05) is 87.4 Å². The van der Waals surface area contributed by atoms with Crippen LogP contribution < -0.4 is 153 Å². The van der Waals surface area contributed by atoms with Crippen molar-refractivity contribution < 1.29 is 4.42 Å². The van der Waals surface area contributed by atoms with Crippen LogP contribution in [0.3, 0.4) is 0 Å². The zero-order valence-electron chi connectivity index (χ0n) is 38.6. The molecule has 0 fully saturated rings. The highest BCUT2D eigenvalue weighted by Gasteiger charge is 2.31. The molecule has 9 rings (SSSR count). The van der Waals surface area contributed by atoms with Crippen molar-refractivity contribution in [2.75, 3.05) is 0 Å². The molecular formula is C44B28O. The van der Waals surface area contributed by atoms with E-state index in [2.05, 4.69) is 0 Å². The molecule has 56 radical (unpaired) electrons. The summed E-state index contributed by atoms with van der Waals surface area (Å²) in [5.41, 5.74) is -5.86. The van der Waals surface area contributed by atoms with E-state index in [0.29, 0.717) is 0 Å². The van der Waals surface area contributed by atoms with E-state index >= 15 is 0 Å². The quantitative estimate of drug-likeness (QED) is 0.127. The lowest BCUT2D eigenvalue weighted by Crippen LogP contribution is -2.55. The van der Waals surface area contributed by atoms with Crippen LogP contribution in [-0.4, -0.2) is 220 Å². The fraction of sp³-hybridized carbons (Fsp3) is 0. The predicted molar refractivity (Wildman–Crippen MR) is 341 cm³/mol. The van der Waals surface area contributed by atoms with E-state index in [-0.39, 0.29) is 241 Å². The largest absolute Gasteiger partial charge is 0.457 e. The molecule has 0 spiro atoms. The molecule has 29 heteroatoms. The lowest BCUT2D eigenvalue weighted by Gasteiger charge is -2.33. The van der Waals surface area contributed by atoms with Crippen LogP contribution in [0.5, 0.6) is 0 Å². The summed E-state index contributed by atoms with van der Waals surface area (Å²) in [5, 5.41) is 0.251. The van der Waals surface area contributed by atoms with Gasteiger partial charge in [-0.05, 0) is 71.5 Å². The third kappa shape index (κ3) is 7.09. The Kier molecular flexibility index (Phi) is 13.5. The maximum absolute atomic E-state index is 7.21. The molecule has 0 saturated carbocycles. The van der Waals surface area contributed by atoms with Gasteiger partial charge in [0, 0.05) is 10.8 Å². The van der Waals surface area contributed by atoms with Crippen LogP contribution in [0.2, 0.25) is 0 Å². The maximum Gasteiger partial charge on any atom is 0.128 e. The van der Waals surface area contributed by atoms with Crippen molar-refractivity contribution in [2.45, 2.75) is 0 Å². The average molecular weight is 847 g/mol. The predicted octanol–water partition coefficient (Wildman–Crippen LogP) is -21.2. The van der Waals surface area contributed by atoms with Gasteiger partial charge in [0.15, 0.2) is 0 Å². The molecule has 1 aromatic heterocycles. The number of fused-ring (bicyclic) bond motifs is 5. The molecule has 0 unspecified atom stereocenters. The molecular weight excluding hydrogens is 847 g/mol. The Morgan fingerprint density at radius 2 is 0.288 bits per heavy atom. The SMILES string of the molecule is [B]c1c([B])c([B])c(-c2c3c([B])c([B])c([B])c([B])c3c(-c3c([B])c([B])c(-c4c([B])c([B])c([B])c([B])c4-c4c([B])c([B])c5c(oc6c([B])c([B])c([B])c([B])c65)c4[B])c([B])c3[B])c3c([B])c([B])c([B])c([B])c23)c([B])c1[B]. The molecule has 9 aromatic rings. The first-order chi connectivity index (χ1) is 34.0. The van der Waals surface area contributed by atoms with E-state index in [0.717, 1.165) is 0 Å². The van der Waals surface area contributed by atoms with E-state index in [1.165, 1.54) is 0 Å². The van der Waals surface area contributed by atoms with Crippen molar-refractivity contribution in [3.05, 3.63) is 0 Å². The molecule has 0 atom stereocenters. The summed E-state index contributed by atoms with van der Waals surface area (Å²) in [7, 11) is 188. The molecule has 0 saturated heterocycles. The van der Waals surface area contributed by atoms with E-state index in [1.54, 1.807) is 0 Å². The minimum Gasteiger partial charge on any atom is -0.457 e. The third-order valence-electron chi connectivity index (χ3n) is 14.0. The smallest absolute Gasteiger partial charge is 0.128 e. The molecule has 0 aliphatic heterocycles. The van der Waals surface area contributed by atoms with Crippen molar-refractivity contribution in [2.24, 2.45) is 0 Å². The number of hydrogen-bond donors (Lipinski definition) is 0. The van der Waals surface area contributed by atoms with Gasteiger partial charge < -0.3 is 4.42 Å². The Morgan fingerprint density at radius 1 is 0.123 bits per heavy atom. The Hall–Kier alpha value is -4.10. The van der Waals surface area contributed by atoms with Crippen molar-refractivity contribution >= 4 is 416 Å². The molecule has 0 bridgehead atoms. The van der Waals surface area contributed by atoms with Crippen molar-refractivity contribution in [3.63, 3.8) is 0 Å². The van der Waals surface area contributed by atoms with E-state index < -0.39 is 0 Å². The van der Waals surface area contributed by atoms with Crippen LogP contribution in [-0.2, 0) is 0 Å². The topological polar surface area (TPSA) is 13.1 Å². The lowest BCUT2D eigenvalue weighted by atomic mass is 9.54. The zero-order chi connectivity index (χ0) is 54.1. The van der Waals surface area contributed by atoms with Crippen molar-refractivity contribution in [1.29, 1.82) is 0 Å². The second-order valence-electron chi connectivity index (χ2n) is 17.6. The second kappa shape index (κ2) is 18.3. The number of benzene rings is 8. The van der Waals surface area contributed by atoms with Crippen LogP contribution in [0.1, 0.15) is 0 Å². The highest BCUT2D eigenvalue weighted by atomic mass is 16.3. The normalized spacial score (nSPS) is 11.7. The summed E-state index contributed by atoms with van der Waals surface area (Å²) >= 11 is 0. The second-order valence-corrected chi connectivity index (χ2v) is 17.6. The van der Waals surface area contributed by atoms with Crippen molar-refractivity contribution in [1.82, 2.24) is 0 Å². The van der Waals surface area contributed by atoms with E-state index in [9.17, 15) is 0 Å². The summed E-state index contributed by atoms with van der Waals surface area (Å²) in [6.45, 7) is 0. The standard InChI is InChI=1S/C44B28O/c45-15-3-1(4-6(18(48)34(64)32(62)16(4)46)2(5(3)17(47)33(63)31(15)61)10-26(56)37(67)40(70)38(68)27(10)57)9-21(51)23(53)11(24(54)22(9)52)7-8(20(50)36(66)35(65)19(7)49)12-25(55)28(58)13-14-29(59)39(69)41(71)42(72)44(14)73-43(13)30(12)60. The third-order valence-corrected chi connectivity index (χ3v) is 14.0. The summed E-state index contributed by atoms with van der Waals surface area (Å²) in [6, 6.07) is 0. The summed E-state index contributed by atoms with van der Waals surface area (Å²) in [6.07, 6.45) is 0. The van der Waals surface area contributed by atoms with Crippen molar-refractivity contribution in [3.8, 4) is 44.5 Å². The minimum absolute atomic E-state index is 0.00344. The number of furan rings is 1. The Labute approximate surface area is 461 Å². The number of hydrogen-bond acceptors (Lipinski definition) is 1. The molecule has 0 amide bonds. The monoisotopic (exact) mass is 852 g/mol. The fourth-order valence-corrected chi connectivity index (χ4v) is 9.95. The maximum atomic E-state index is 7.21. The Morgan fingerprint density at radius 3 is 0.603 bits per heavy atom. The fourth-order valence-electron chi connectivity index (χ4n) is 9.95. The average Bonchev–Trinajstić information content (AvgIpc) is 3.77. The first-order valence-electron chi connectivity index (χ1n) is 21.2. The summed E-state index contributed by atoms with van der Waals surface area (Å²) in [4.78, 5) is 0. The number of rotatable bonds is 4. The van der Waals surface area contributed by atoms with Gasteiger partial charge in [0.05, 0.1) is 0 Å². The van der Waals surface area contributed by atoms with Crippen LogP contribution in [0.4, 0.5) is 0 Å². The van der Waals surface area contributed by atoms with Gasteiger partial charge >= 0.3 is 0 Å². The molecule has 73 heavy (non-hydrogen) atoms. The van der Waals surface area contributed by atoms with Crippen LogP contribution in [0.15, 0.2) is 4.42 Å². The van der Waals surface area contributed by atoms with Gasteiger partial charge in [0.25, 0.3) is 0 Å². The Bertz CT molecular complexity index is 3980. The highest BCUT2D eigenvalue weighted by Crippen LogP contribution is 2.39. The molecule has 266 valence electrons. The molecule has 1 heterocycles. The molecule has 0 N–H and O–H groups in total. The van der Waals surface area contributed by atoms with Gasteiger partial charge in [-0.15, -0.1) is 60.1 Å². The lowest BCUT2D eigenvalue weighted by molar-refractivity contribution is 0.675. The van der Waals surface area contributed by atoms with Gasteiger partial charge in [0.1, 0.15) is 231 Å². The Balaban J connectivity index is 1.49. The summed E-state index contributed by atoms with van der Waals surface area (Å²) in [5.74, 6) is 0. The van der Waals surface area contributed by atoms with E-state index in [4.69, 9.17) is 224 Å². The highest BCUT2D eigenvalue weighted by molar-refractivity contribution is 6.77. The minimum atomic E-state index is -0.317. The molecule has 0 aliphatic carbocycles. The van der Waals surface area contributed by atoms with Gasteiger partial charge in [-0.3, -0.25) is 0 Å². The first-order valence-corrected chi connectivity index (χ1v) is 21.2. The van der Waals surface area contributed by atoms with E-state index in [1.807, 2.05) is 0 Å². The summed E-state index contributed by atoms with van der Waals surface area (Å²) < 4.78 is 6.23. The molecule has 8 aromatic carbocycles. The van der Waals surface area contributed by atoms with Crippen LogP contribution in [0, 0.1) is 0 Å². The zero-order valence-corrected chi connectivity index (χ0v) is 38.6. The van der Waals surface area contributed by atoms with Crippen LogP contribution in [0.25, 0.3) is 88.0 Å².